The lowest BCUT2D eigenvalue weighted by Gasteiger charge is -2.48. The number of benzene rings is 3. The Labute approximate surface area is 177 Å². The molecule has 0 spiro atoms. The molecule has 1 aromatic heterocycles. The van der Waals surface area contributed by atoms with Gasteiger partial charge in [-0.25, -0.2) is 0 Å². The second-order valence-electron chi connectivity index (χ2n) is 7.70. The van der Waals surface area contributed by atoms with Crippen molar-refractivity contribution in [3.8, 4) is 0 Å². The van der Waals surface area contributed by atoms with Gasteiger partial charge in [0.1, 0.15) is 0 Å². The number of rotatable bonds is 4. The van der Waals surface area contributed by atoms with Gasteiger partial charge in [0.05, 0.1) is 6.67 Å². The zero-order chi connectivity index (χ0) is 20.3. The molecule has 1 aliphatic heterocycles. The number of anilines is 2. The van der Waals surface area contributed by atoms with Crippen molar-refractivity contribution in [2.45, 2.75) is 12.6 Å². The Morgan fingerprint density at radius 1 is 0.767 bits per heavy atom. The molecule has 2 heterocycles. The van der Waals surface area contributed by atoms with E-state index in [0.29, 0.717) is 12.6 Å². The Bertz CT molecular complexity index is 1060. The van der Waals surface area contributed by atoms with Gasteiger partial charge in [-0.15, -0.1) is 5.10 Å². The number of tetrazole rings is 1. The molecule has 1 saturated heterocycles. The van der Waals surface area contributed by atoms with Crippen molar-refractivity contribution in [3.63, 3.8) is 0 Å². The summed E-state index contributed by atoms with van der Waals surface area (Å²) in [5.41, 5.74) is 4.01. The average Bonchev–Trinajstić information content (AvgIpc) is 3.35. The maximum Gasteiger partial charge on any atom is 0.291 e. The van der Waals surface area contributed by atoms with E-state index in [1.165, 1.54) is 16.6 Å². The van der Waals surface area contributed by atoms with Crippen LogP contribution in [0.1, 0.15) is 6.92 Å². The number of aromatic amines is 1. The molecule has 8 heteroatoms. The van der Waals surface area contributed by atoms with E-state index in [-0.39, 0.29) is 19.4 Å². The molecule has 4 aromatic rings. The molecule has 0 saturated carbocycles. The third-order valence-electron chi connectivity index (χ3n) is 5.93. The van der Waals surface area contributed by atoms with E-state index in [4.69, 9.17) is 0 Å². The molecular weight excluding hydrogens is 370 g/mol. The van der Waals surface area contributed by atoms with Gasteiger partial charge in [0.25, 0.3) is 19.6 Å². The van der Waals surface area contributed by atoms with Gasteiger partial charge in [0.15, 0.2) is 0 Å². The second kappa shape index (κ2) is 8.06. The Morgan fingerprint density at radius 2 is 1.30 bits per heavy atom. The zero-order valence-electron chi connectivity index (χ0n) is 16.8. The third kappa shape index (κ3) is 3.34. The lowest BCUT2D eigenvalue weighted by Crippen LogP contribution is -2.70. The normalized spacial score (nSPS) is 16.8. The van der Waals surface area contributed by atoms with Crippen LogP contribution in [-0.2, 0) is 0 Å². The molecular formula is C22H22B2N6. The van der Waals surface area contributed by atoms with Gasteiger partial charge in [-0.2, -0.15) is 5.21 Å². The smallest absolute Gasteiger partial charge is 0.291 e. The highest BCUT2D eigenvalue weighted by Crippen LogP contribution is 2.31. The predicted molar refractivity (Wildman–Crippen MR) is 124 cm³/mol. The third-order valence-corrected chi connectivity index (χ3v) is 5.93. The molecule has 0 amide bonds. The van der Waals surface area contributed by atoms with Crippen molar-refractivity contribution in [3.05, 3.63) is 91.0 Å². The topological polar surface area (TPSA) is 60.9 Å². The number of para-hydroxylation sites is 1. The van der Waals surface area contributed by atoms with E-state index < -0.39 is 0 Å². The van der Waals surface area contributed by atoms with Gasteiger partial charge in [-0.3, -0.25) is 0 Å². The summed E-state index contributed by atoms with van der Waals surface area (Å²) in [6, 6.07) is 31.9. The van der Waals surface area contributed by atoms with Gasteiger partial charge in [-0.05, 0) is 23.1 Å². The molecule has 30 heavy (non-hydrogen) atoms. The first-order valence-corrected chi connectivity index (χ1v) is 10.2. The Balaban J connectivity index is 1.65. The second-order valence-corrected chi connectivity index (χ2v) is 7.70. The molecule has 1 aliphatic rings. The minimum Gasteiger partial charge on any atom is -0.395 e. The Hall–Kier alpha value is -3.54. The molecule has 6 nitrogen and oxygen atoms in total. The summed E-state index contributed by atoms with van der Waals surface area (Å²) in [5.74, 6) is 0.614. The van der Waals surface area contributed by atoms with Gasteiger partial charge < -0.3 is 9.62 Å². The monoisotopic (exact) mass is 392 g/mol. The first-order valence-electron chi connectivity index (χ1n) is 10.2. The fraction of sp³-hybridized carbons (Fsp3) is 0.136. The van der Waals surface area contributed by atoms with Crippen molar-refractivity contribution < 1.29 is 0 Å². The summed E-state index contributed by atoms with van der Waals surface area (Å²) in [4.78, 5) is 4.69. The highest BCUT2D eigenvalue weighted by Gasteiger charge is 2.48. The summed E-state index contributed by atoms with van der Waals surface area (Å²) in [5, 5.41) is 15.1. The molecule has 1 N–H and O–H groups in total. The predicted octanol–water partition coefficient (Wildman–Crippen LogP) is 2.21. The fourth-order valence-electron chi connectivity index (χ4n) is 4.68. The summed E-state index contributed by atoms with van der Waals surface area (Å²) >= 11 is 0. The lowest BCUT2D eigenvalue weighted by molar-refractivity contribution is 0.881. The molecule has 0 radical (unpaired) electrons. The van der Waals surface area contributed by atoms with Crippen LogP contribution >= 0.6 is 0 Å². The zero-order valence-corrected chi connectivity index (χ0v) is 16.8. The maximum atomic E-state index is 4.33. The van der Waals surface area contributed by atoms with Gasteiger partial charge >= 0.3 is 0 Å². The largest absolute Gasteiger partial charge is 0.395 e. The van der Waals surface area contributed by atoms with Crippen LogP contribution in [0.5, 0.6) is 0 Å². The number of hydrogen-bond donors (Lipinski definition) is 1. The standard InChI is InChI=1S/C22H22B2N6/c1-18-23(19-11-5-2-6-12-19)29(21-15-9-4-10-16-21)17-30(22-25-27-28-26-22)24(18)20-13-7-3-8-14-20/h2-16,18H,17H2,1H3,(H,25,26,27,28). The van der Waals surface area contributed by atoms with Crippen molar-refractivity contribution in [2.75, 3.05) is 16.3 Å². The van der Waals surface area contributed by atoms with Crippen molar-refractivity contribution >= 4 is 36.3 Å². The Kier molecular flexibility index (Phi) is 4.97. The van der Waals surface area contributed by atoms with Gasteiger partial charge in [0.2, 0.25) is 0 Å². The van der Waals surface area contributed by atoms with Crippen LogP contribution in [-0.4, -0.2) is 41.0 Å². The van der Waals surface area contributed by atoms with E-state index >= 15 is 0 Å². The summed E-state index contributed by atoms with van der Waals surface area (Å²) in [6.07, 6.45) is 0. The van der Waals surface area contributed by atoms with Gasteiger partial charge in [0, 0.05) is 5.69 Å². The lowest BCUT2D eigenvalue weighted by atomic mass is 9.25. The van der Waals surface area contributed by atoms with Crippen LogP contribution in [0.25, 0.3) is 0 Å². The molecule has 0 bridgehead atoms. The summed E-state index contributed by atoms with van der Waals surface area (Å²) in [6.45, 7) is 3.31. The number of nitrogens with one attached hydrogen (secondary N) is 1. The molecule has 146 valence electrons. The number of aromatic nitrogens is 4. The summed E-state index contributed by atoms with van der Waals surface area (Å²) < 4.78 is 0. The van der Waals surface area contributed by atoms with E-state index in [0.717, 1.165) is 0 Å². The Morgan fingerprint density at radius 3 is 1.83 bits per heavy atom. The van der Waals surface area contributed by atoms with Crippen LogP contribution < -0.4 is 20.5 Å². The summed E-state index contributed by atoms with van der Waals surface area (Å²) in [7, 11) is 0. The van der Waals surface area contributed by atoms with Crippen LogP contribution in [0.4, 0.5) is 11.6 Å². The van der Waals surface area contributed by atoms with E-state index in [1.807, 2.05) is 0 Å². The maximum absolute atomic E-state index is 4.33. The fourth-order valence-corrected chi connectivity index (χ4v) is 4.68. The van der Waals surface area contributed by atoms with E-state index in [9.17, 15) is 0 Å². The first-order chi connectivity index (χ1) is 14.8. The van der Waals surface area contributed by atoms with Crippen molar-refractivity contribution in [2.24, 2.45) is 0 Å². The quantitative estimate of drug-likeness (QED) is 0.540. The van der Waals surface area contributed by atoms with E-state index in [2.05, 4.69) is 128 Å². The molecule has 3 aromatic carbocycles. The average molecular weight is 392 g/mol. The number of hydrogen-bond acceptors (Lipinski definition) is 5. The minimum atomic E-state index is 0.119. The van der Waals surface area contributed by atoms with E-state index in [1.54, 1.807) is 0 Å². The first kappa shape index (κ1) is 18.5. The molecule has 1 atom stereocenters. The highest BCUT2D eigenvalue weighted by molar-refractivity contribution is 6.96. The van der Waals surface area contributed by atoms with Gasteiger partial charge in [-0.1, -0.05) is 102 Å². The van der Waals surface area contributed by atoms with Crippen LogP contribution in [0.3, 0.4) is 0 Å². The van der Waals surface area contributed by atoms with Crippen LogP contribution in [0, 0.1) is 0 Å². The van der Waals surface area contributed by atoms with Crippen LogP contribution in [0.15, 0.2) is 91.0 Å². The molecule has 1 fully saturated rings. The van der Waals surface area contributed by atoms with Crippen LogP contribution in [0.2, 0.25) is 5.72 Å². The molecule has 1 unspecified atom stereocenters. The van der Waals surface area contributed by atoms with Crippen molar-refractivity contribution in [1.29, 1.82) is 0 Å². The highest BCUT2D eigenvalue weighted by atomic mass is 15.5. The minimum absolute atomic E-state index is 0.119. The SMILES string of the molecule is CC1B(c2ccccc2)N(c2ccccc2)CN(c2nn[nH]n2)B1c1ccccc1. The molecule has 0 aliphatic carbocycles. The van der Waals surface area contributed by atoms with Crippen molar-refractivity contribution in [1.82, 2.24) is 20.6 Å². The molecule has 5 rings (SSSR count). The number of nitrogens with zero attached hydrogens (tertiary/aromatic N) is 5. The number of H-pyrrole nitrogens is 1.